The minimum Gasteiger partial charge on any atom is -0.267 e. The first-order chi connectivity index (χ1) is 6.97. The van der Waals surface area contributed by atoms with Crippen LogP contribution in [0, 0.1) is 0 Å². The highest BCUT2D eigenvalue weighted by Gasteiger charge is 2.14. The standard InChI is InChI=1S/C11H16O3S/c1-4-14-15(12,13)11-7-5-6-10(8-11)9(2)3/h5-9H,4H2,1-3H3. The van der Waals surface area contributed by atoms with Gasteiger partial charge in [0.2, 0.25) is 0 Å². The summed E-state index contributed by atoms with van der Waals surface area (Å²) in [5.74, 6) is 0.307. The molecule has 0 atom stereocenters. The van der Waals surface area contributed by atoms with Crippen LogP contribution in [0.4, 0.5) is 0 Å². The Bertz CT molecular complexity index is 421. The average Bonchev–Trinajstić information content (AvgIpc) is 2.18. The molecule has 84 valence electrons. The van der Waals surface area contributed by atoms with Crippen LogP contribution in [-0.2, 0) is 14.3 Å². The van der Waals surface area contributed by atoms with E-state index in [4.69, 9.17) is 4.18 Å². The Kier molecular flexibility index (Phi) is 3.88. The fourth-order valence-corrected chi connectivity index (χ4v) is 2.22. The van der Waals surface area contributed by atoms with Crippen molar-refractivity contribution in [1.29, 1.82) is 0 Å². The molecule has 15 heavy (non-hydrogen) atoms. The quantitative estimate of drug-likeness (QED) is 0.744. The topological polar surface area (TPSA) is 43.4 Å². The summed E-state index contributed by atoms with van der Waals surface area (Å²) in [7, 11) is -3.57. The molecule has 0 aromatic heterocycles. The molecule has 0 amide bonds. The Labute approximate surface area is 91.2 Å². The molecule has 0 aliphatic carbocycles. The fraction of sp³-hybridized carbons (Fsp3) is 0.455. The molecule has 0 unspecified atom stereocenters. The Balaban J connectivity index is 3.11. The van der Waals surface area contributed by atoms with Crippen LogP contribution in [-0.4, -0.2) is 15.0 Å². The van der Waals surface area contributed by atoms with E-state index in [0.29, 0.717) is 5.92 Å². The summed E-state index contributed by atoms with van der Waals surface area (Å²) in [5, 5.41) is 0. The van der Waals surface area contributed by atoms with E-state index in [1.807, 2.05) is 19.9 Å². The van der Waals surface area contributed by atoms with Crippen molar-refractivity contribution in [3.8, 4) is 0 Å². The Hall–Kier alpha value is -0.870. The van der Waals surface area contributed by atoms with Gasteiger partial charge < -0.3 is 0 Å². The number of rotatable bonds is 4. The van der Waals surface area contributed by atoms with Crippen molar-refractivity contribution in [2.45, 2.75) is 31.6 Å². The van der Waals surface area contributed by atoms with Gasteiger partial charge in [0.1, 0.15) is 0 Å². The largest absolute Gasteiger partial charge is 0.296 e. The lowest BCUT2D eigenvalue weighted by molar-refractivity contribution is 0.338. The lowest BCUT2D eigenvalue weighted by Crippen LogP contribution is -2.06. The van der Waals surface area contributed by atoms with E-state index in [2.05, 4.69) is 0 Å². The average molecular weight is 228 g/mol. The van der Waals surface area contributed by atoms with Gasteiger partial charge in [-0.25, -0.2) is 0 Å². The van der Waals surface area contributed by atoms with E-state index in [1.54, 1.807) is 25.1 Å². The smallest absolute Gasteiger partial charge is 0.267 e. The molecule has 0 fully saturated rings. The van der Waals surface area contributed by atoms with Crippen LogP contribution in [0.2, 0.25) is 0 Å². The first-order valence-electron chi connectivity index (χ1n) is 4.96. The number of hydrogen-bond acceptors (Lipinski definition) is 3. The van der Waals surface area contributed by atoms with Gasteiger partial charge in [0, 0.05) is 0 Å². The summed E-state index contributed by atoms with van der Waals surface area (Å²) in [4.78, 5) is 0.232. The maximum Gasteiger partial charge on any atom is 0.296 e. The minimum absolute atomic E-state index is 0.161. The van der Waals surface area contributed by atoms with Crippen LogP contribution in [0.15, 0.2) is 29.2 Å². The van der Waals surface area contributed by atoms with Crippen molar-refractivity contribution in [2.75, 3.05) is 6.61 Å². The van der Waals surface area contributed by atoms with Crippen LogP contribution in [0.1, 0.15) is 32.3 Å². The molecular formula is C11H16O3S. The summed E-state index contributed by atoms with van der Waals surface area (Å²) in [6.45, 7) is 5.86. The molecule has 1 aromatic carbocycles. The summed E-state index contributed by atoms with van der Waals surface area (Å²) in [5.41, 5.74) is 0.996. The second kappa shape index (κ2) is 4.77. The highest BCUT2D eigenvalue weighted by molar-refractivity contribution is 7.86. The van der Waals surface area contributed by atoms with Crippen LogP contribution in [0.25, 0.3) is 0 Å². The first-order valence-corrected chi connectivity index (χ1v) is 6.37. The van der Waals surface area contributed by atoms with Gasteiger partial charge in [0.05, 0.1) is 11.5 Å². The predicted octanol–water partition coefficient (Wildman–Crippen LogP) is 2.54. The second-order valence-corrected chi connectivity index (χ2v) is 5.20. The zero-order chi connectivity index (χ0) is 11.5. The van der Waals surface area contributed by atoms with Gasteiger partial charge in [0.25, 0.3) is 10.1 Å². The summed E-state index contributed by atoms with van der Waals surface area (Å²) < 4.78 is 27.9. The molecule has 0 aliphatic heterocycles. The molecule has 0 bridgehead atoms. The first kappa shape index (κ1) is 12.2. The van der Waals surface area contributed by atoms with Crippen molar-refractivity contribution in [3.63, 3.8) is 0 Å². The van der Waals surface area contributed by atoms with Crippen LogP contribution >= 0.6 is 0 Å². The van der Waals surface area contributed by atoms with Crippen LogP contribution < -0.4 is 0 Å². The second-order valence-electron chi connectivity index (χ2n) is 3.59. The van der Waals surface area contributed by atoms with Gasteiger partial charge in [-0.2, -0.15) is 8.42 Å². The fourth-order valence-electron chi connectivity index (χ4n) is 1.25. The molecular weight excluding hydrogens is 212 g/mol. The van der Waals surface area contributed by atoms with Crippen LogP contribution in [0.5, 0.6) is 0 Å². The molecule has 0 N–H and O–H groups in total. The Morgan fingerprint density at radius 3 is 2.53 bits per heavy atom. The van der Waals surface area contributed by atoms with E-state index in [0.717, 1.165) is 5.56 Å². The van der Waals surface area contributed by atoms with E-state index < -0.39 is 10.1 Å². The van der Waals surface area contributed by atoms with E-state index in [1.165, 1.54) is 0 Å². The van der Waals surface area contributed by atoms with Gasteiger partial charge in [-0.15, -0.1) is 0 Å². The third-order valence-electron chi connectivity index (χ3n) is 2.09. The van der Waals surface area contributed by atoms with Crippen molar-refractivity contribution in [1.82, 2.24) is 0 Å². The molecule has 1 rings (SSSR count). The Morgan fingerprint density at radius 1 is 1.33 bits per heavy atom. The lowest BCUT2D eigenvalue weighted by Gasteiger charge is -2.08. The third-order valence-corrected chi connectivity index (χ3v) is 3.46. The Morgan fingerprint density at radius 2 is 2.00 bits per heavy atom. The maximum atomic E-state index is 11.6. The zero-order valence-electron chi connectivity index (χ0n) is 9.23. The SMILES string of the molecule is CCOS(=O)(=O)c1cccc(C(C)C)c1. The molecule has 3 nitrogen and oxygen atoms in total. The van der Waals surface area contributed by atoms with Gasteiger partial charge in [-0.1, -0.05) is 26.0 Å². The summed E-state index contributed by atoms with van der Waals surface area (Å²) in [6, 6.07) is 6.86. The van der Waals surface area contributed by atoms with Crippen molar-refractivity contribution < 1.29 is 12.6 Å². The minimum atomic E-state index is -3.57. The van der Waals surface area contributed by atoms with Gasteiger partial charge in [0.15, 0.2) is 0 Å². The van der Waals surface area contributed by atoms with E-state index in [-0.39, 0.29) is 11.5 Å². The summed E-state index contributed by atoms with van der Waals surface area (Å²) >= 11 is 0. The maximum absolute atomic E-state index is 11.6. The van der Waals surface area contributed by atoms with Gasteiger partial charge >= 0.3 is 0 Å². The molecule has 4 heteroatoms. The molecule has 0 saturated carbocycles. The molecule has 0 saturated heterocycles. The summed E-state index contributed by atoms with van der Waals surface area (Å²) in [6.07, 6.45) is 0. The monoisotopic (exact) mass is 228 g/mol. The molecule has 0 spiro atoms. The highest BCUT2D eigenvalue weighted by Crippen LogP contribution is 2.19. The van der Waals surface area contributed by atoms with Crippen molar-refractivity contribution >= 4 is 10.1 Å². The highest BCUT2D eigenvalue weighted by atomic mass is 32.2. The number of hydrogen-bond donors (Lipinski definition) is 0. The number of benzene rings is 1. The predicted molar refractivity (Wildman–Crippen MR) is 59.3 cm³/mol. The zero-order valence-corrected chi connectivity index (χ0v) is 10.0. The van der Waals surface area contributed by atoms with Crippen molar-refractivity contribution in [3.05, 3.63) is 29.8 Å². The normalized spacial score (nSPS) is 12.0. The molecule has 0 radical (unpaired) electrons. The molecule has 0 aliphatic rings. The lowest BCUT2D eigenvalue weighted by atomic mass is 10.0. The van der Waals surface area contributed by atoms with Gasteiger partial charge in [-0.3, -0.25) is 4.18 Å². The van der Waals surface area contributed by atoms with Crippen molar-refractivity contribution in [2.24, 2.45) is 0 Å². The van der Waals surface area contributed by atoms with E-state index in [9.17, 15) is 8.42 Å². The molecule has 0 heterocycles. The third kappa shape index (κ3) is 3.04. The van der Waals surface area contributed by atoms with Crippen LogP contribution in [0.3, 0.4) is 0 Å². The van der Waals surface area contributed by atoms with E-state index >= 15 is 0 Å². The molecule has 1 aromatic rings. The van der Waals surface area contributed by atoms with Gasteiger partial charge in [-0.05, 0) is 30.5 Å².